The first-order valence-electron chi connectivity index (χ1n) is 5.37. The summed E-state index contributed by atoms with van der Waals surface area (Å²) in [4.78, 5) is 14.5. The number of rotatable bonds is 6. The molecule has 0 amide bonds. The molecule has 1 N–H and O–H groups in total. The highest BCUT2D eigenvalue weighted by Crippen LogP contribution is 2.16. The van der Waals surface area contributed by atoms with Gasteiger partial charge in [0.1, 0.15) is 5.82 Å². The molecule has 2 aromatic heterocycles. The Balaban J connectivity index is 2.02. The molecule has 0 saturated carbocycles. The third kappa shape index (κ3) is 3.10. The van der Waals surface area contributed by atoms with Crippen molar-refractivity contribution in [1.29, 1.82) is 0 Å². The third-order valence-corrected chi connectivity index (χ3v) is 3.32. The standard InChI is InChI=1S/C10H13N5O2S/c1-8-12-13-10(18-6-9(16)17)15(8)5-4-14-3-2-11-7-14/h2-3,7H,4-6H2,1H3,(H,16,17). The predicted molar refractivity (Wildman–Crippen MR) is 65.3 cm³/mol. The van der Waals surface area contributed by atoms with Crippen molar-refractivity contribution in [2.24, 2.45) is 0 Å². The number of carbonyl (C=O) groups is 1. The second kappa shape index (κ2) is 5.67. The molecule has 0 radical (unpaired) electrons. The van der Waals surface area contributed by atoms with E-state index in [0.29, 0.717) is 11.7 Å². The topological polar surface area (TPSA) is 85.8 Å². The first-order valence-corrected chi connectivity index (χ1v) is 6.35. The lowest BCUT2D eigenvalue weighted by molar-refractivity contribution is -0.133. The van der Waals surface area contributed by atoms with Crippen molar-refractivity contribution in [2.45, 2.75) is 25.2 Å². The molecule has 96 valence electrons. The molecule has 7 nitrogen and oxygen atoms in total. The van der Waals surface area contributed by atoms with Crippen LogP contribution in [0.2, 0.25) is 0 Å². The summed E-state index contributed by atoms with van der Waals surface area (Å²) in [5.74, 6) is -0.0896. The van der Waals surface area contributed by atoms with Crippen molar-refractivity contribution in [3.05, 3.63) is 24.5 Å². The summed E-state index contributed by atoms with van der Waals surface area (Å²) in [5.41, 5.74) is 0. The van der Waals surface area contributed by atoms with Gasteiger partial charge < -0.3 is 14.2 Å². The van der Waals surface area contributed by atoms with Gasteiger partial charge in [0.05, 0.1) is 12.1 Å². The second-order valence-corrected chi connectivity index (χ2v) is 4.61. The smallest absolute Gasteiger partial charge is 0.313 e. The average Bonchev–Trinajstić information content (AvgIpc) is 2.94. The maximum Gasteiger partial charge on any atom is 0.313 e. The molecule has 18 heavy (non-hydrogen) atoms. The van der Waals surface area contributed by atoms with Crippen molar-refractivity contribution in [3.63, 3.8) is 0 Å². The van der Waals surface area contributed by atoms with Crippen molar-refractivity contribution < 1.29 is 9.90 Å². The number of thioether (sulfide) groups is 1. The fourth-order valence-corrected chi connectivity index (χ4v) is 2.22. The summed E-state index contributed by atoms with van der Waals surface area (Å²) in [5, 5.41) is 17.2. The summed E-state index contributed by atoms with van der Waals surface area (Å²) in [6.07, 6.45) is 5.34. The Labute approximate surface area is 108 Å². The normalized spacial score (nSPS) is 10.7. The molecule has 0 unspecified atom stereocenters. The molecular weight excluding hydrogens is 254 g/mol. The number of imidazole rings is 1. The molecule has 2 heterocycles. The van der Waals surface area contributed by atoms with Gasteiger partial charge in [-0.25, -0.2) is 4.98 Å². The van der Waals surface area contributed by atoms with Gasteiger partial charge in [-0.2, -0.15) is 0 Å². The Bertz CT molecular complexity index is 522. The summed E-state index contributed by atoms with van der Waals surface area (Å²) in [6, 6.07) is 0. The van der Waals surface area contributed by atoms with Crippen molar-refractivity contribution in [1.82, 2.24) is 24.3 Å². The predicted octanol–water partition coefficient (Wildman–Crippen LogP) is 0.660. The molecule has 0 aliphatic rings. The van der Waals surface area contributed by atoms with Crippen LogP contribution in [-0.2, 0) is 17.9 Å². The van der Waals surface area contributed by atoms with Gasteiger partial charge in [-0.15, -0.1) is 10.2 Å². The Morgan fingerprint density at radius 3 is 2.94 bits per heavy atom. The lowest BCUT2D eigenvalue weighted by Crippen LogP contribution is -2.09. The van der Waals surface area contributed by atoms with Crippen LogP contribution < -0.4 is 0 Å². The number of hydrogen-bond donors (Lipinski definition) is 1. The number of carboxylic acid groups (broad SMARTS) is 1. The van der Waals surface area contributed by atoms with Crippen molar-refractivity contribution in [2.75, 3.05) is 5.75 Å². The van der Waals surface area contributed by atoms with Gasteiger partial charge in [0, 0.05) is 25.5 Å². The Kier molecular flexibility index (Phi) is 3.98. The van der Waals surface area contributed by atoms with Crippen molar-refractivity contribution in [3.8, 4) is 0 Å². The molecule has 0 aliphatic heterocycles. The lowest BCUT2D eigenvalue weighted by Gasteiger charge is -2.07. The minimum atomic E-state index is -0.859. The molecule has 0 bridgehead atoms. The largest absolute Gasteiger partial charge is 0.481 e. The number of carboxylic acids is 1. The SMILES string of the molecule is Cc1nnc(SCC(=O)O)n1CCn1ccnc1. The summed E-state index contributed by atoms with van der Waals surface area (Å²) >= 11 is 1.18. The van der Waals surface area contributed by atoms with E-state index in [1.807, 2.05) is 22.3 Å². The first kappa shape index (κ1) is 12.6. The maximum atomic E-state index is 10.5. The quantitative estimate of drug-likeness (QED) is 0.774. The van der Waals surface area contributed by atoms with Crippen LogP contribution >= 0.6 is 11.8 Å². The van der Waals surface area contributed by atoms with Crippen LogP contribution in [0.1, 0.15) is 5.82 Å². The number of hydrogen-bond acceptors (Lipinski definition) is 5. The van der Waals surface area contributed by atoms with E-state index < -0.39 is 5.97 Å². The van der Waals surface area contributed by atoms with Crippen LogP contribution in [0, 0.1) is 6.92 Å². The fraction of sp³-hybridized carbons (Fsp3) is 0.400. The van der Waals surface area contributed by atoms with Crippen molar-refractivity contribution >= 4 is 17.7 Å². The van der Waals surface area contributed by atoms with E-state index >= 15 is 0 Å². The number of aromatic nitrogens is 5. The molecule has 0 spiro atoms. The van der Waals surface area contributed by atoms with Crippen LogP contribution in [0.4, 0.5) is 0 Å². The Hall–Kier alpha value is -1.83. The maximum absolute atomic E-state index is 10.5. The number of nitrogens with zero attached hydrogens (tertiary/aromatic N) is 5. The molecular formula is C10H13N5O2S. The highest BCUT2D eigenvalue weighted by Gasteiger charge is 2.10. The van der Waals surface area contributed by atoms with Gasteiger partial charge in [0.2, 0.25) is 0 Å². The lowest BCUT2D eigenvalue weighted by atomic mass is 10.5. The summed E-state index contributed by atoms with van der Waals surface area (Å²) in [6.45, 7) is 3.29. The molecule has 0 aromatic carbocycles. The highest BCUT2D eigenvalue weighted by atomic mass is 32.2. The van der Waals surface area contributed by atoms with Crippen LogP contribution in [-0.4, -0.2) is 41.1 Å². The van der Waals surface area contributed by atoms with Gasteiger partial charge >= 0.3 is 5.97 Å². The van der Waals surface area contributed by atoms with E-state index in [1.54, 1.807) is 12.5 Å². The monoisotopic (exact) mass is 267 g/mol. The zero-order valence-corrected chi connectivity index (χ0v) is 10.7. The molecule has 2 rings (SSSR count). The van der Waals surface area contributed by atoms with E-state index in [0.717, 1.165) is 12.4 Å². The molecule has 2 aromatic rings. The Morgan fingerprint density at radius 1 is 1.44 bits per heavy atom. The van der Waals surface area contributed by atoms with Gasteiger partial charge in [-0.1, -0.05) is 11.8 Å². The average molecular weight is 267 g/mol. The Morgan fingerprint density at radius 2 is 2.28 bits per heavy atom. The minimum Gasteiger partial charge on any atom is -0.481 e. The van der Waals surface area contributed by atoms with Gasteiger partial charge in [0.15, 0.2) is 5.16 Å². The number of aryl methyl sites for hydroxylation is 2. The first-order chi connectivity index (χ1) is 8.66. The van der Waals surface area contributed by atoms with E-state index in [-0.39, 0.29) is 5.75 Å². The molecule has 0 atom stereocenters. The van der Waals surface area contributed by atoms with E-state index in [2.05, 4.69) is 15.2 Å². The zero-order valence-electron chi connectivity index (χ0n) is 9.85. The molecule has 0 aliphatic carbocycles. The fourth-order valence-electron chi connectivity index (χ4n) is 1.49. The van der Waals surface area contributed by atoms with E-state index in [1.165, 1.54) is 11.8 Å². The zero-order chi connectivity index (χ0) is 13.0. The second-order valence-electron chi connectivity index (χ2n) is 3.66. The summed E-state index contributed by atoms with van der Waals surface area (Å²) < 4.78 is 3.86. The van der Waals surface area contributed by atoms with Gasteiger partial charge in [-0.05, 0) is 6.92 Å². The molecule has 8 heteroatoms. The van der Waals surface area contributed by atoms with Crippen LogP contribution in [0.15, 0.2) is 23.9 Å². The third-order valence-electron chi connectivity index (χ3n) is 2.37. The van der Waals surface area contributed by atoms with Crippen LogP contribution in [0.5, 0.6) is 0 Å². The molecule has 0 saturated heterocycles. The van der Waals surface area contributed by atoms with Gasteiger partial charge in [0.25, 0.3) is 0 Å². The van der Waals surface area contributed by atoms with E-state index in [4.69, 9.17) is 5.11 Å². The van der Waals surface area contributed by atoms with Crippen LogP contribution in [0.3, 0.4) is 0 Å². The highest BCUT2D eigenvalue weighted by molar-refractivity contribution is 7.99. The molecule has 0 fully saturated rings. The van der Waals surface area contributed by atoms with Crippen LogP contribution in [0.25, 0.3) is 0 Å². The van der Waals surface area contributed by atoms with E-state index in [9.17, 15) is 4.79 Å². The van der Waals surface area contributed by atoms with Gasteiger partial charge in [-0.3, -0.25) is 4.79 Å². The minimum absolute atomic E-state index is 0.0107. The number of aliphatic carboxylic acids is 1. The summed E-state index contributed by atoms with van der Waals surface area (Å²) in [7, 11) is 0.